The molecule has 3 nitrogen and oxygen atoms in total. The standard InChI is InChI=1S/C44H29N3/c1-3-13-31(14-4-1)43-38-21-12-20-36(42(38)37-19-7-8-22-39(37)45-43)34-16-11-15-33(29-34)30-25-27-32(28-26-30)44-46-40-23-9-10-24-41(40)47(44)35-17-5-2-6-18-35/h1-29H. The summed E-state index contributed by atoms with van der Waals surface area (Å²) < 4.78 is 2.24. The first-order valence-electron chi connectivity index (χ1n) is 15.9. The summed E-state index contributed by atoms with van der Waals surface area (Å²) in [5.41, 5.74) is 12.1. The van der Waals surface area contributed by atoms with E-state index in [2.05, 4.69) is 168 Å². The molecular formula is C44H29N3. The molecule has 3 heteroatoms. The van der Waals surface area contributed by atoms with Crippen molar-refractivity contribution in [3.8, 4) is 50.6 Å². The Labute approximate surface area is 273 Å². The Hall–Kier alpha value is -6.32. The van der Waals surface area contributed by atoms with Gasteiger partial charge in [-0.1, -0.05) is 140 Å². The lowest BCUT2D eigenvalue weighted by Crippen LogP contribution is -1.97. The van der Waals surface area contributed by atoms with E-state index in [9.17, 15) is 0 Å². The molecule has 0 saturated heterocycles. The van der Waals surface area contributed by atoms with Crippen LogP contribution in [0.15, 0.2) is 176 Å². The van der Waals surface area contributed by atoms with Crippen molar-refractivity contribution in [3.63, 3.8) is 0 Å². The van der Waals surface area contributed by atoms with Crippen molar-refractivity contribution in [1.82, 2.24) is 14.5 Å². The summed E-state index contributed by atoms with van der Waals surface area (Å²) in [6.07, 6.45) is 0. The first-order valence-corrected chi connectivity index (χ1v) is 15.9. The van der Waals surface area contributed by atoms with Gasteiger partial charge in [0.2, 0.25) is 0 Å². The fraction of sp³-hybridized carbons (Fsp3) is 0. The van der Waals surface area contributed by atoms with Crippen molar-refractivity contribution in [2.24, 2.45) is 0 Å². The van der Waals surface area contributed by atoms with Crippen molar-refractivity contribution in [2.45, 2.75) is 0 Å². The van der Waals surface area contributed by atoms with Crippen LogP contribution in [-0.2, 0) is 0 Å². The molecule has 7 aromatic carbocycles. The molecule has 0 aliphatic heterocycles. The molecule has 9 rings (SSSR count). The Morgan fingerprint density at radius 2 is 1.00 bits per heavy atom. The number of imidazole rings is 1. The van der Waals surface area contributed by atoms with Crippen LogP contribution in [0.2, 0.25) is 0 Å². The van der Waals surface area contributed by atoms with Crippen molar-refractivity contribution in [1.29, 1.82) is 0 Å². The van der Waals surface area contributed by atoms with Gasteiger partial charge < -0.3 is 0 Å². The number of nitrogens with zero attached hydrogens (tertiary/aromatic N) is 3. The van der Waals surface area contributed by atoms with Crippen LogP contribution in [0, 0.1) is 0 Å². The number of rotatable bonds is 5. The van der Waals surface area contributed by atoms with E-state index in [0.717, 1.165) is 61.2 Å². The summed E-state index contributed by atoms with van der Waals surface area (Å²) >= 11 is 0. The highest BCUT2D eigenvalue weighted by Crippen LogP contribution is 2.39. The molecule has 0 fully saturated rings. The van der Waals surface area contributed by atoms with Gasteiger partial charge in [0.25, 0.3) is 0 Å². The number of benzene rings is 7. The summed E-state index contributed by atoms with van der Waals surface area (Å²) in [6, 6.07) is 62.0. The highest BCUT2D eigenvalue weighted by atomic mass is 15.1. The maximum Gasteiger partial charge on any atom is 0.145 e. The van der Waals surface area contributed by atoms with Gasteiger partial charge in [-0.2, -0.15) is 0 Å². The second kappa shape index (κ2) is 11.2. The van der Waals surface area contributed by atoms with E-state index in [1.807, 2.05) is 12.1 Å². The molecule has 2 aromatic heterocycles. The Kier molecular flexibility index (Phi) is 6.46. The predicted octanol–water partition coefficient (Wildman–Crippen LogP) is 11.4. The zero-order chi connectivity index (χ0) is 31.2. The molecule has 0 unspecified atom stereocenters. The van der Waals surface area contributed by atoms with Crippen LogP contribution in [0.25, 0.3) is 83.3 Å². The zero-order valence-corrected chi connectivity index (χ0v) is 25.6. The summed E-state index contributed by atoms with van der Waals surface area (Å²) in [4.78, 5) is 10.2. The zero-order valence-electron chi connectivity index (χ0n) is 25.6. The Morgan fingerprint density at radius 1 is 0.383 bits per heavy atom. The summed E-state index contributed by atoms with van der Waals surface area (Å²) in [6.45, 7) is 0. The normalized spacial score (nSPS) is 11.4. The Balaban J connectivity index is 1.15. The van der Waals surface area contributed by atoms with Gasteiger partial charge in [-0.3, -0.25) is 4.57 Å². The third-order valence-electron chi connectivity index (χ3n) is 9.00. The number of hydrogen-bond donors (Lipinski definition) is 0. The maximum absolute atomic E-state index is 5.14. The van der Waals surface area contributed by atoms with Gasteiger partial charge in [0.05, 0.1) is 22.2 Å². The lowest BCUT2D eigenvalue weighted by atomic mass is 9.91. The molecule has 0 aliphatic rings. The SMILES string of the molecule is c1ccc(-c2nc3ccccc3c3c(-c4cccc(-c5ccc(-c6nc7ccccc7n6-c6ccccc6)cc5)c4)cccc23)cc1. The minimum Gasteiger partial charge on any atom is -0.292 e. The topological polar surface area (TPSA) is 30.7 Å². The molecule has 0 radical (unpaired) electrons. The van der Waals surface area contributed by atoms with Crippen LogP contribution in [0.1, 0.15) is 0 Å². The summed E-state index contributed by atoms with van der Waals surface area (Å²) in [5, 5.41) is 3.54. The Morgan fingerprint density at radius 3 is 1.83 bits per heavy atom. The van der Waals surface area contributed by atoms with E-state index >= 15 is 0 Å². The average Bonchev–Trinajstić information content (AvgIpc) is 3.55. The predicted molar refractivity (Wildman–Crippen MR) is 196 cm³/mol. The van der Waals surface area contributed by atoms with Crippen LogP contribution in [0.5, 0.6) is 0 Å². The number of para-hydroxylation sites is 4. The van der Waals surface area contributed by atoms with Crippen molar-refractivity contribution >= 4 is 32.7 Å². The van der Waals surface area contributed by atoms with Gasteiger partial charge in [0, 0.05) is 33.0 Å². The van der Waals surface area contributed by atoms with Gasteiger partial charge in [0.15, 0.2) is 0 Å². The molecule has 9 aromatic rings. The molecule has 0 saturated carbocycles. The van der Waals surface area contributed by atoms with Gasteiger partial charge in [-0.15, -0.1) is 0 Å². The van der Waals surface area contributed by atoms with E-state index in [-0.39, 0.29) is 0 Å². The van der Waals surface area contributed by atoms with Crippen molar-refractivity contribution in [3.05, 3.63) is 176 Å². The molecule has 0 N–H and O–H groups in total. The van der Waals surface area contributed by atoms with Crippen molar-refractivity contribution in [2.75, 3.05) is 0 Å². The minimum absolute atomic E-state index is 0.933. The van der Waals surface area contributed by atoms with Crippen LogP contribution in [0.4, 0.5) is 0 Å². The molecule has 0 bridgehead atoms. The third kappa shape index (κ3) is 4.68. The average molecular weight is 600 g/mol. The molecule has 0 aliphatic carbocycles. The summed E-state index contributed by atoms with van der Waals surface area (Å²) in [7, 11) is 0. The maximum atomic E-state index is 5.14. The molecular weight excluding hydrogens is 571 g/mol. The highest BCUT2D eigenvalue weighted by molar-refractivity contribution is 6.17. The molecule has 220 valence electrons. The second-order valence-electron chi connectivity index (χ2n) is 11.8. The van der Waals surface area contributed by atoms with Crippen LogP contribution >= 0.6 is 0 Å². The van der Waals surface area contributed by atoms with E-state index in [1.165, 1.54) is 22.1 Å². The first-order chi connectivity index (χ1) is 23.3. The van der Waals surface area contributed by atoms with Crippen LogP contribution in [0.3, 0.4) is 0 Å². The van der Waals surface area contributed by atoms with E-state index < -0.39 is 0 Å². The number of fused-ring (bicyclic) bond motifs is 4. The lowest BCUT2D eigenvalue weighted by molar-refractivity contribution is 1.10. The van der Waals surface area contributed by atoms with Gasteiger partial charge in [0.1, 0.15) is 5.82 Å². The monoisotopic (exact) mass is 599 g/mol. The Bertz CT molecular complexity index is 2550. The molecule has 47 heavy (non-hydrogen) atoms. The second-order valence-corrected chi connectivity index (χ2v) is 11.8. The molecule has 2 heterocycles. The molecule has 0 atom stereocenters. The van der Waals surface area contributed by atoms with Gasteiger partial charge >= 0.3 is 0 Å². The van der Waals surface area contributed by atoms with E-state index in [4.69, 9.17) is 9.97 Å². The number of aromatic nitrogens is 3. The first kappa shape index (κ1) is 27.0. The van der Waals surface area contributed by atoms with Crippen molar-refractivity contribution < 1.29 is 0 Å². The third-order valence-corrected chi connectivity index (χ3v) is 9.00. The minimum atomic E-state index is 0.933. The fourth-order valence-electron chi connectivity index (χ4n) is 6.80. The van der Waals surface area contributed by atoms with E-state index in [1.54, 1.807) is 0 Å². The highest BCUT2D eigenvalue weighted by Gasteiger charge is 2.16. The number of pyridine rings is 1. The smallest absolute Gasteiger partial charge is 0.145 e. The molecule has 0 spiro atoms. The quantitative estimate of drug-likeness (QED) is 0.184. The van der Waals surface area contributed by atoms with Gasteiger partial charge in [-0.25, -0.2) is 9.97 Å². The lowest BCUT2D eigenvalue weighted by Gasteiger charge is -2.15. The summed E-state index contributed by atoms with van der Waals surface area (Å²) in [5.74, 6) is 0.933. The van der Waals surface area contributed by atoms with Gasteiger partial charge in [-0.05, 0) is 58.7 Å². The molecule has 0 amide bonds. The van der Waals surface area contributed by atoms with Crippen LogP contribution in [-0.4, -0.2) is 14.5 Å². The van der Waals surface area contributed by atoms with E-state index in [0.29, 0.717) is 0 Å². The number of hydrogen-bond acceptors (Lipinski definition) is 2. The largest absolute Gasteiger partial charge is 0.292 e. The fourth-order valence-corrected chi connectivity index (χ4v) is 6.80. The van der Waals surface area contributed by atoms with Crippen LogP contribution < -0.4 is 0 Å².